The van der Waals surface area contributed by atoms with Gasteiger partial charge < -0.3 is 15.3 Å². The van der Waals surface area contributed by atoms with Crippen molar-refractivity contribution >= 4 is 11.8 Å². The minimum absolute atomic E-state index is 0.277. The molecule has 5 unspecified atom stereocenters. The van der Waals surface area contributed by atoms with Crippen LogP contribution in [-0.2, 0) is 0 Å². The SMILES string of the molecule is CSC(CO)C(C)NC1CCN2CCC1C2. The topological polar surface area (TPSA) is 35.5 Å². The number of aliphatic hydroxyl groups is 1. The number of fused-ring (bicyclic) bond motifs is 2. The van der Waals surface area contributed by atoms with Crippen LogP contribution in [0.1, 0.15) is 19.8 Å². The summed E-state index contributed by atoms with van der Waals surface area (Å²) >= 11 is 1.76. The van der Waals surface area contributed by atoms with Gasteiger partial charge in [-0.3, -0.25) is 0 Å². The lowest BCUT2D eigenvalue weighted by Gasteiger charge is -2.35. The number of aliphatic hydroxyl groups excluding tert-OH is 1. The Kier molecular flexibility index (Phi) is 4.53. The van der Waals surface area contributed by atoms with Crippen molar-refractivity contribution in [1.29, 1.82) is 0 Å². The zero-order chi connectivity index (χ0) is 11.5. The summed E-state index contributed by atoms with van der Waals surface area (Å²) in [5.41, 5.74) is 0. The summed E-state index contributed by atoms with van der Waals surface area (Å²) in [6.45, 7) is 6.32. The molecule has 3 nitrogen and oxygen atoms in total. The first-order valence-corrected chi connectivity index (χ1v) is 7.65. The fraction of sp³-hybridized carbons (Fsp3) is 1.00. The molecule has 0 aromatic rings. The number of nitrogens with one attached hydrogen (secondary N) is 1. The van der Waals surface area contributed by atoms with Crippen molar-refractivity contribution < 1.29 is 5.11 Å². The van der Waals surface area contributed by atoms with Crippen molar-refractivity contribution in [3.63, 3.8) is 0 Å². The maximum atomic E-state index is 9.29. The number of nitrogens with zero attached hydrogens (tertiary/aromatic N) is 1. The monoisotopic (exact) mass is 244 g/mol. The highest BCUT2D eigenvalue weighted by molar-refractivity contribution is 7.99. The first-order chi connectivity index (χ1) is 7.74. The van der Waals surface area contributed by atoms with Gasteiger partial charge in [0.05, 0.1) is 6.61 Å². The zero-order valence-electron chi connectivity index (χ0n) is 10.4. The fourth-order valence-electron chi connectivity index (χ4n) is 3.05. The second-order valence-corrected chi connectivity index (χ2v) is 6.23. The Bertz CT molecular complexity index is 223. The van der Waals surface area contributed by atoms with Gasteiger partial charge in [0.1, 0.15) is 0 Å². The predicted molar refractivity (Wildman–Crippen MR) is 69.9 cm³/mol. The van der Waals surface area contributed by atoms with Gasteiger partial charge in [-0.25, -0.2) is 0 Å². The summed E-state index contributed by atoms with van der Waals surface area (Å²) in [6.07, 6.45) is 4.71. The summed E-state index contributed by atoms with van der Waals surface area (Å²) in [6, 6.07) is 1.09. The van der Waals surface area contributed by atoms with E-state index in [-0.39, 0.29) is 6.61 Å². The molecule has 2 rings (SSSR count). The fourth-order valence-corrected chi connectivity index (χ4v) is 3.69. The molecular weight excluding hydrogens is 220 g/mol. The highest BCUT2D eigenvalue weighted by atomic mass is 32.2. The van der Waals surface area contributed by atoms with E-state index in [2.05, 4.69) is 23.4 Å². The van der Waals surface area contributed by atoms with E-state index in [1.54, 1.807) is 11.8 Å². The van der Waals surface area contributed by atoms with E-state index in [9.17, 15) is 5.11 Å². The van der Waals surface area contributed by atoms with E-state index in [4.69, 9.17) is 0 Å². The standard InChI is InChI=1S/C12H24N2OS/c1-9(12(8-15)16-2)13-11-4-6-14-5-3-10(11)7-14/h9-13,15H,3-8H2,1-2H3. The number of hydrogen-bond donors (Lipinski definition) is 2. The molecular formula is C12H24N2OS. The molecule has 2 bridgehead atoms. The van der Waals surface area contributed by atoms with E-state index >= 15 is 0 Å². The zero-order valence-corrected chi connectivity index (χ0v) is 11.2. The van der Waals surface area contributed by atoms with Crippen LogP contribution in [0.5, 0.6) is 0 Å². The van der Waals surface area contributed by atoms with Crippen LogP contribution in [0.3, 0.4) is 0 Å². The van der Waals surface area contributed by atoms with Crippen LogP contribution < -0.4 is 5.32 Å². The van der Waals surface area contributed by atoms with Crippen molar-refractivity contribution in [3.05, 3.63) is 0 Å². The highest BCUT2D eigenvalue weighted by Crippen LogP contribution is 2.27. The largest absolute Gasteiger partial charge is 0.395 e. The third-order valence-electron chi connectivity index (χ3n) is 4.15. The van der Waals surface area contributed by atoms with E-state index in [1.165, 1.54) is 32.5 Å². The Hall–Kier alpha value is 0.230. The van der Waals surface area contributed by atoms with Crippen LogP contribution in [0.2, 0.25) is 0 Å². The van der Waals surface area contributed by atoms with E-state index in [0.717, 1.165) is 5.92 Å². The molecule has 0 radical (unpaired) electrons. The summed E-state index contributed by atoms with van der Waals surface area (Å²) < 4.78 is 0. The predicted octanol–water partition coefficient (Wildman–Crippen LogP) is 0.783. The molecule has 0 amide bonds. The van der Waals surface area contributed by atoms with Crippen LogP contribution in [-0.4, -0.2) is 59.8 Å². The quantitative estimate of drug-likeness (QED) is 0.749. The second-order valence-electron chi connectivity index (χ2n) is 5.16. The smallest absolute Gasteiger partial charge is 0.0564 e. The van der Waals surface area contributed by atoms with Crippen LogP contribution >= 0.6 is 11.8 Å². The van der Waals surface area contributed by atoms with Crippen molar-refractivity contribution in [2.75, 3.05) is 32.5 Å². The lowest BCUT2D eigenvalue weighted by Crippen LogP contribution is -2.50. The average Bonchev–Trinajstić information content (AvgIpc) is 2.67. The minimum atomic E-state index is 0.277. The third-order valence-corrected chi connectivity index (χ3v) is 5.31. The van der Waals surface area contributed by atoms with Crippen molar-refractivity contribution in [2.45, 2.75) is 37.1 Å². The van der Waals surface area contributed by atoms with E-state index < -0.39 is 0 Å². The van der Waals surface area contributed by atoms with Gasteiger partial charge in [0, 0.05) is 23.9 Å². The molecule has 2 fully saturated rings. The van der Waals surface area contributed by atoms with Crippen molar-refractivity contribution in [3.8, 4) is 0 Å². The van der Waals surface area contributed by atoms with Gasteiger partial charge in [-0.05, 0) is 45.0 Å². The van der Waals surface area contributed by atoms with Gasteiger partial charge >= 0.3 is 0 Å². The van der Waals surface area contributed by atoms with E-state index in [0.29, 0.717) is 17.3 Å². The number of thioether (sulfide) groups is 1. The molecule has 16 heavy (non-hydrogen) atoms. The molecule has 2 aliphatic heterocycles. The lowest BCUT2D eigenvalue weighted by molar-refractivity contribution is 0.202. The molecule has 0 spiro atoms. The maximum absolute atomic E-state index is 9.29. The van der Waals surface area contributed by atoms with Gasteiger partial charge in [-0.15, -0.1) is 0 Å². The van der Waals surface area contributed by atoms with Gasteiger partial charge in [0.25, 0.3) is 0 Å². The molecule has 0 saturated carbocycles. The average molecular weight is 244 g/mol. The Balaban J connectivity index is 1.84. The Morgan fingerprint density at radius 2 is 2.19 bits per heavy atom. The number of rotatable bonds is 5. The molecule has 2 heterocycles. The number of hydrogen-bond acceptors (Lipinski definition) is 4. The second kappa shape index (κ2) is 5.71. The van der Waals surface area contributed by atoms with Gasteiger partial charge in [0.2, 0.25) is 0 Å². The lowest BCUT2D eigenvalue weighted by atomic mass is 9.93. The maximum Gasteiger partial charge on any atom is 0.0564 e. The molecule has 2 aliphatic rings. The molecule has 94 valence electrons. The normalized spacial score (nSPS) is 37.3. The molecule has 0 aliphatic carbocycles. The molecule has 0 aromatic heterocycles. The summed E-state index contributed by atoms with van der Waals surface area (Å²) in [5.74, 6) is 0.845. The summed E-state index contributed by atoms with van der Waals surface area (Å²) in [4.78, 5) is 2.58. The molecule has 0 aromatic carbocycles. The number of piperidine rings is 1. The minimum Gasteiger partial charge on any atom is -0.395 e. The van der Waals surface area contributed by atoms with Gasteiger partial charge in [-0.1, -0.05) is 0 Å². The van der Waals surface area contributed by atoms with Crippen molar-refractivity contribution in [2.24, 2.45) is 5.92 Å². The first kappa shape index (κ1) is 12.7. The van der Waals surface area contributed by atoms with Crippen molar-refractivity contribution in [1.82, 2.24) is 10.2 Å². The molecule has 2 saturated heterocycles. The Morgan fingerprint density at radius 3 is 2.88 bits per heavy atom. The first-order valence-electron chi connectivity index (χ1n) is 6.36. The van der Waals surface area contributed by atoms with Crippen LogP contribution in [0.4, 0.5) is 0 Å². The highest BCUT2D eigenvalue weighted by Gasteiger charge is 2.35. The molecule has 5 atom stereocenters. The van der Waals surface area contributed by atoms with Gasteiger partial charge in [-0.2, -0.15) is 11.8 Å². The van der Waals surface area contributed by atoms with Crippen LogP contribution in [0.25, 0.3) is 0 Å². The Morgan fingerprint density at radius 1 is 1.44 bits per heavy atom. The van der Waals surface area contributed by atoms with E-state index in [1.807, 2.05) is 0 Å². The summed E-state index contributed by atoms with van der Waals surface area (Å²) in [5, 5.41) is 13.4. The Labute approximate surface area is 103 Å². The summed E-state index contributed by atoms with van der Waals surface area (Å²) in [7, 11) is 0. The molecule has 2 N–H and O–H groups in total. The molecule has 4 heteroatoms. The van der Waals surface area contributed by atoms with Crippen LogP contribution in [0.15, 0.2) is 0 Å². The van der Waals surface area contributed by atoms with Gasteiger partial charge in [0.15, 0.2) is 0 Å². The van der Waals surface area contributed by atoms with Crippen LogP contribution in [0, 0.1) is 5.92 Å². The third kappa shape index (κ3) is 2.73.